The summed E-state index contributed by atoms with van der Waals surface area (Å²) in [5, 5.41) is 2.76. The Kier molecular flexibility index (Phi) is 5.59. The second kappa shape index (κ2) is 6.63. The predicted octanol–water partition coefficient (Wildman–Crippen LogP) is 2.97. The molecule has 0 spiro atoms. The van der Waals surface area contributed by atoms with Crippen molar-refractivity contribution >= 4 is 24.2 Å². The van der Waals surface area contributed by atoms with E-state index in [4.69, 9.17) is 9.31 Å². The summed E-state index contributed by atoms with van der Waals surface area (Å²) in [5.41, 5.74) is 0.938. The van der Waals surface area contributed by atoms with Gasteiger partial charge in [0.1, 0.15) is 0 Å². The molecule has 1 aromatic rings. The second-order valence-electron chi connectivity index (χ2n) is 5.89. The second-order valence-corrected chi connectivity index (χ2v) is 5.89. The maximum absolute atomic E-state index is 11.1. The van der Waals surface area contributed by atoms with E-state index < -0.39 is 7.12 Å². The molecule has 1 N–H and O–H groups in total. The Morgan fingerprint density at radius 2 is 1.62 bits per heavy atom. The van der Waals surface area contributed by atoms with Gasteiger partial charge in [-0.2, -0.15) is 0 Å². The zero-order valence-electron chi connectivity index (χ0n) is 14.1. The number of hydrogen-bond acceptors (Lipinski definition) is 3. The van der Waals surface area contributed by atoms with Crippen molar-refractivity contribution in [3.8, 4) is 0 Å². The van der Waals surface area contributed by atoms with Gasteiger partial charge in [0.25, 0.3) is 0 Å². The largest absolute Gasteiger partial charge is 0.494 e. The first kappa shape index (κ1) is 17.7. The molecular weight excluding hydrogens is 265 g/mol. The van der Waals surface area contributed by atoms with E-state index in [1.165, 1.54) is 6.92 Å². The summed E-state index contributed by atoms with van der Waals surface area (Å²) in [6.45, 7) is 13.6. The first-order valence-electron chi connectivity index (χ1n) is 7.44. The van der Waals surface area contributed by atoms with Crippen molar-refractivity contribution in [2.24, 2.45) is 0 Å². The molecule has 0 atom stereocenters. The summed E-state index contributed by atoms with van der Waals surface area (Å²) >= 11 is 0. The van der Waals surface area contributed by atoms with E-state index in [1.807, 2.05) is 65.8 Å². The maximum atomic E-state index is 11.1. The number of hydrogen-bond donors (Lipinski definition) is 1. The summed E-state index contributed by atoms with van der Waals surface area (Å²) in [7, 11) is -0.404. The molecular formula is C16H26BNO3. The van der Waals surface area contributed by atoms with Crippen molar-refractivity contribution in [1.29, 1.82) is 0 Å². The van der Waals surface area contributed by atoms with Crippen LogP contribution in [0.5, 0.6) is 0 Å². The van der Waals surface area contributed by atoms with Crippen LogP contribution >= 0.6 is 0 Å². The standard InChI is InChI=1S/C14H20BNO3.C2H6/c1-10(17)16-12-8-6-7-11(9-12)15-18-13(2,3)14(4,5)19-15;1-2/h6-9H,1-5H3,(H,16,17);1-2H3. The Labute approximate surface area is 128 Å². The van der Waals surface area contributed by atoms with Gasteiger partial charge in [-0.3, -0.25) is 4.79 Å². The molecule has 1 saturated heterocycles. The highest BCUT2D eigenvalue weighted by atomic mass is 16.7. The Hall–Kier alpha value is -1.33. The lowest BCUT2D eigenvalue weighted by molar-refractivity contribution is -0.114. The quantitative estimate of drug-likeness (QED) is 0.852. The minimum Gasteiger partial charge on any atom is -0.399 e. The average molecular weight is 291 g/mol. The molecule has 1 aliphatic heterocycles. The Bertz CT molecular complexity index is 484. The van der Waals surface area contributed by atoms with Gasteiger partial charge in [0.2, 0.25) is 5.91 Å². The summed E-state index contributed by atoms with van der Waals surface area (Å²) in [4.78, 5) is 11.1. The fraction of sp³-hybridized carbons (Fsp3) is 0.562. The van der Waals surface area contributed by atoms with Gasteiger partial charge in [0.15, 0.2) is 0 Å². The lowest BCUT2D eigenvalue weighted by Crippen LogP contribution is -2.41. The number of rotatable bonds is 2. The van der Waals surface area contributed by atoms with Crippen molar-refractivity contribution in [2.75, 3.05) is 5.32 Å². The van der Waals surface area contributed by atoms with E-state index in [2.05, 4.69) is 5.32 Å². The number of carbonyl (C=O) groups is 1. The van der Waals surface area contributed by atoms with Crippen molar-refractivity contribution in [3.63, 3.8) is 0 Å². The van der Waals surface area contributed by atoms with E-state index in [9.17, 15) is 4.79 Å². The number of amides is 1. The zero-order chi connectivity index (χ0) is 16.3. The number of anilines is 1. The average Bonchev–Trinajstić information content (AvgIpc) is 2.60. The fourth-order valence-electron chi connectivity index (χ4n) is 1.95. The van der Waals surface area contributed by atoms with Crippen LogP contribution in [0.25, 0.3) is 0 Å². The van der Waals surface area contributed by atoms with Gasteiger partial charge in [0, 0.05) is 12.6 Å². The minimum absolute atomic E-state index is 0.0916. The SMILES string of the molecule is CC.CC(=O)Nc1cccc(B2OC(C)(C)C(C)(C)O2)c1. The van der Waals surface area contributed by atoms with Gasteiger partial charge in [-0.15, -0.1) is 0 Å². The van der Waals surface area contributed by atoms with E-state index in [0.29, 0.717) is 0 Å². The van der Waals surface area contributed by atoms with E-state index in [0.717, 1.165) is 11.2 Å². The number of benzene rings is 1. The van der Waals surface area contributed by atoms with Gasteiger partial charge in [-0.05, 0) is 45.3 Å². The predicted molar refractivity (Wildman–Crippen MR) is 87.8 cm³/mol. The van der Waals surface area contributed by atoms with Crippen molar-refractivity contribution in [2.45, 2.75) is 59.7 Å². The molecule has 0 saturated carbocycles. The third kappa shape index (κ3) is 4.08. The lowest BCUT2D eigenvalue weighted by atomic mass is 9.79. The lowest BCUT2D eigenvalue weighted by Gasteiger charge is -2.32. The number of nitrogens with one attached hydrogen (secondary N) is 1. The number of carbonyl (C=O) groups excluding carboxylic acids is 1. The molecule has 0 aromatic heterocycles. The van der Waals surface area contributed by atoms with Crippen LogP contribution in [0, 0.1) is 0 Å². The topological polar surface area (TPSA) is 47.6 Å². The molecule has 1 heterocycles. The Morgan fingerprint density at radius 3 is 2.10 bits per heavy atom. The van der Waals surface area contributed by atoms with E-state index in [1.54, 1.807) is 0 Å². The molecule has 1 amide bonds. The Morgan fingerprint density at radius 1 is 1.10 bits per heavy atom. The van der Waals surface area contributed by atoms with Gasteiger partial charge >= 0.3 is 7.12 Å². The molecule has 1 fully saturated rings. The van der Waals surface area contributed by atoms with Crippen molar-refractivity contribution in [1.82, 2.24) is 0 Å². The summed E-state index contributed by atoms with van der Waals surface area (Å²) < 4.78 is 12.0. The maximum Gasteiger partial charge on any atom is 0.494 e. The van der Waals surface area contributed by atoms with Gasteiger partial charge < -0.3 is 14.6 Å². The monoisotopic (exact) mass is 291 g/mol. The van der Waals surface area contributed by atoms with Gasteiger partial charge in [-0.1, -0.05) is 26.0 Å². The molecule has 0 unspecified atom stereocenters. The van der Waals surface area contributed by atoms with Gasteiger partial charge in [-0.25, -0.2) is 0 Å². The summed E-state index contributed by atoms with van der Waals surface area (Å²) in [5.74, 6) is -0.0916. The van der Waals surface area contributed by atoms with Crippen molar-refractivity contribution < 1.29 is 14.1 Å². The van der Waals surface area contributed by atoms with E-state index in [-0.39, 0.29) is 17.1 Å². The molecule has 1 aromatic carbocycles. The smallest absolute Gasteiger partial charge is 0.399 e. The molecule has 0 aliphatic carbocycles. The van der Waals surface area contributed by atoms with Crippen LogP contribution in [0.1, 0.15) is 48.5 Å². The van der Waals surface area contributed by atoms with Crippen LogP contribution in [0.3, 0.4) is 0 Å². The highest BCUT2D eigenvalue weighted by Gasteiger charge is 2.51. The Balaban J connectivity index is 0.00000106. The van der Waals surface area contributed by atoms with Crippen LogP contribution in [-0.2, 0) is 14.1 Å². The molecule has 5 heteroatoms. The summed E-state index contributed by atoms with van der Waals surface area (Å²) in [6.07, 6.45) is 0. The molecule has 0 radical (unpaired) electrons. The van der Waals surface area contributed by atoms with Crippen LogP contribution < -0.4 is 10.8 Å². The van der Waals surface area contributed by atoms with Crippen molar-refractivity contribution in [3.05, 3.63) is 24.3 Å². The molecule has 4 nitrogen and oxygen atoms in total. The molecule has 0 bridgehead atoms. The first-order chi connectivity index (χ1) is 9.71. The van der Waals surface area contributed by atoms with Gasteiger partial charge in [0.05, 0.1) is 11.2 Å². The first-order valence-corrected chi connectivity index (χ1v) is 7.44. The third-order valence-electron chi connectivity index (χ3n) is 3.73. The highest BCUT2D eigenvalue weighted by Crippen LogP contribution is 2.36. The normalized spacial score (nSPS) is 18.7. The van der Waals surface area contributed by atoms with Crippen LogP contribution in [-0.4, -0.2) is 24.2 Å². The van der Waals surface area contributed by atoms with Crippen LogP contribution in [0.4, 0.5) is 5.69 Å². The molecule has 2 rings (SSSR count). The van der Waals surface area contributed by atoms with Crippen LogP contribution in [0.15, 0.2) is 24.3 Å². The fourth-order valence-corrected chi connectivity index (χ4v) is 1.95. The third-order valence-corrected chi connectivity index (χ3v) is 3.73. The molecule has 116 valence electrons. The summed E-state index contributed by atoms with van der Waals surface area (Å²) in [6, 6.07) is 7.54. The van der Waals surface area contributed by atoms with Crippen LogP contribution in [0.2, 0.25) is 0 Å². The zero-order valence-corrected chi connectivity index (χ0v) is 14.1. The molecule has 1 aliphatic rings. The minimum atomic E-state index is -0.404. The highest BCUT2D eigenvalue weighted by molar-refractivity contribution is 6.62. The van der Waals surface area contributed by atoms with E-state index >= 15 is 0 Å². The molecule has 21 heavy (non-hydrogen) atoms.